The Labute approximate surface area is 180 Å². The van der Waals surface area contributed by atoms with E-state index in [1.54, 1.807) is 22.2 Å². The molecule has 0 spiro atoms. The zero-order chi connectivity index (χ0) is 20.5. The van der Waals surface area contributed by atoms with Crippen LogP contribution in [0.2, 0.25) is 0 Å². The van der Waals surface area contributed by atoms with Gasteiger partial charge in [0.1, 0.15) is 0 Å². The molecule has 152 valence electrons. The van der Waals surface area contributed by atoms with E-state index in [1.165, 1.54) is 30.4 Å². The van der Waals surface area contributed by atoms with Crippen molar-refractivity contribution in [3.05, 3.63) is 77.6 Å². The van der Waals surface area contributed by atoms with Gasteiger partial charge in [-0.1, -0.05) is 54.7 Å². The van der Waals surface area contributed by atoms with Crippen LogP contribution in [0.4, 0.5) is 0 Å². The van der Waals surface area contributed by atoms with E-state index in [2.05, 4.69) is 47.3 Å². The summed E-state index contributed by atoms with van der Waals surface area (Å²) in [6, 6.07) is 16.9. The highest BCUT2D eigenvalue weighted by Crippen LogP contribution is 2.38. The molecule has 0 radical (unpaired) electrons. The Morgan fingerprint density at radius 1 is 1.20 bits per heavy atom. The van der Waals surface area contributed by atoms with E-state index in [-0.39, 0.29) is 5.78 Å². The van der Waals surface area contributed by atoms with Crippen molar-refractivity contribution in [2.75, 3.05) is 0 Å². The number of Topliss-reactive ketones (excluding diaryl/α,β-unsaturated/α-hetero) is 1. The van der Waals surface area contributed by atoms with E-state index in [9.17, 15) is 4.79 Å². The maximum Gasteiger partial charge on any atom is 0.211 e. The van der Waals surface area contributed by atoms with Gasteiger partial charge in [0.2, 0.25) is 5.13 Å². The molecule has 2 aromatic carbocycles. The van der Waals surface area contributed by atoms with Crippen molar-refractivity contribution in [2.45, 2.75) is 44.9 Å². The summed E-state index contributed by atoms with van der Waals surface area (Å²) in [7, 11) is 0. The van der Waals surface area contributed by atoms with Crippen LogP contribution < -0.4 is 0 Å². The zero-order valence-corrected chi connectivity index (χ0v) is 17.9. The molecular formula is C25H25N3OS. The maximum atomic E-state index is 12.8. The number of hydrogen-bond donors (Lipinski definition) is 0. The number of carbonyl (C=O) groups excluding carboxylic acids is 1. The number of hydrogen-bond acceptors (Lipinski definition) is 4. The van der Waals surface area contributed by atoms with Crippen LogP contribution in [0.15, 0.2) is 60.9 Å². The Bertz CT molecular complexity index is 1160. The summed E-state index contributed by atoms with van der Waals surface area (Å²) in [6.07, 6.45) is 8.62. The van der Waals surface area contributed by atoms with Crippen LogP contribution in [0.1, 0.15) is 60.0 Å². The lowest BCUT2D eigenvalue weighted by Crippen LogP contribution is -2.17. The van der Waals surface area contributed by atoms with Crippen molar-refractivity contribution in [1.29, 1.82) is 0 Å². The summed E-state index contributed by atoms with van der Waals surface area (Å²) >= 11 is 1.58. The molecule has 1 unspecified atom stereocenters. The molecule has 0 fully saturated rings. The number of para-hydroxylation sites is 1. The van der Waals surface area contributed by atoms with Crippen molar-refractivity contribution in [1.82, 2.24) is 14.8 Å². The van der Waals surface area contributed by atoms with Crippen molar-refractivity contribution >= 4 is 27.3 Å². The highest BCUT2D eigenvalue weighted by atomic mass is 32.1. The average Bonchev–Trinajstić information content (AvgIpc) is 3.44. The van der Waals surface area contributed by atoms with Crippen LogP contribution in [0.5, 0.6) is 0 Å². The van der Waals surface area contributed by atoms with E-state index >= 15 is 0 Å². The molecule has 5 rings (SSSR count). The van der Waals surface area contributed by atoms with Gasteiger partial charge in [0.25, 0.3) is 0 Å². The first-order valence-corrected chi connectivity index (χ1v) is 11.5. The van der Waals surface area contributed by atoms with E-state index < -0.39 is 0 Å². The van der Waals surface area contributed by atoms with E-state index in [0.29, 0.717) is 23.8 Å². The molecule has 1 aliphatic carbocycles. The molecule has 0 saturated heterocycles. The Balaban J connectivity index is 1.25. The predicted octanol–water partition coefficient (Wildman–Crippen LogP) is 6.20. The average molecular weight is 416 g/mol. The topological polar surface area (TPSA) is 47.8 Å². The lowest BCUT2D eigenvalue weighted by atomic mass is 9.75. The number of aryl methyl sites for hydroxylation is 1. The number of ketones is 1. The molecule has 0 bridgehead atoms. The first-order chi connectivity index (χ1) is 14.7. The fraction of sp³-hybridized carbons (Fsp3) is 0.320. The summed E-state index contributed by atoms with van der Waals surface area (Å²) in [4.78, 5) is 17.4. The minimum absolute atomic E-state index is 0.165. The quantitative estimate of drug-likeness (QED) is 0.352. The van der Waals surface area contributed by atoms with Crippen molar-refractivity contribution < 1.29 is 4.79 Å². The monoisotopic (exact) mass is 415 g/mol. The largest absolute Gasteiger partial charge is 0.294 e. The van der Waals surface area contributed by atoms with E-state index in [0.717, 1.165) is 21.8 Å². The second kappa shape index (κ2) is 8.15. The highest BCUT2D eigenvalue weighted by Gasteiger charge is 2.25. The molecule has 1 aliphatic rings. The third-order valence-electron chi connectivity index (χ3n) is 6.31. The van der Waals surface area contributed by atoms with Crippen LogP contribution in [-0.4, -0.2) is 20.5 Å². The molecule has 2 aromatic heterocycles. The van der Waals surface area contributed by atoms with Gasteiger partial charge in [0.05, 0.1) is 22.0 Å². The Morgan fingerprint density at radius 3 is 2.93 bits per heavy atom. The molecule has 4 nitrogen and oxygen atoms in total. The maximum absolute atomic E-state index is 12.8. The summed E-state index contributed by atoms with van der Waals surface area (Å²) in [5, 5.41) is 5.19. The van der Waals surface area contributed by atoms with Gasteiger partial charge in [-0.2, -0.15) is 5.10 Å². The molecule has 30 heavy (non-hydrogen) atoms. The van der Waals surface area contributed by atoms with Gasteiger partial charge in [-0.15, -0.1) is 0 Å². The molecule has 0 saturated carbocycles. The smallest absolute Gasteiger partial charge is 0.211 e. The van der Waals surface area contributed by atoms with Crippen LogP contribution in [0, 0.1) is 5.92 Å². The van der Waals surface area contributed by atoms with Gasteiger partial charge < -0.3 is 0 Å². The van der Waals surface area contributed by atoms with Gasteiger partial charge in [0, 0.05) is 12.6 Å². The second-order valence-electron chi connectivity index (χ2n) is 8.27. The second-order valence-corrected chi connectivity index (χ2v) is 9.28. The number of nitrogens with zero attached hydrogens (tertiary/aromatic N) is 3. The van der Waals surface area contributed by atoms with Crippen LogP contribution >= 0.6 is 11.3 Å². The minimum Gasteiger partial charge on any atom is -0.294 e. The Morgan fingerprint density at radius 2 is 2.03 bits per heavy atom. The predicted molar refractivity (Wildman–Crippen MR) is 122 cm³/mol. The first-order valence-electron chi connectivity index (χ1n) is 10.7. The summed E-state index contributed by atoms with van der Waals surface area (Å²) in [5.41, 5.74) is 4.62. The number of fused-ring (bicyclic) bond motifs is 2. The number of carbonyl (C=O) groups is 1. The van der Waals surface area contributed by atoms with Gasteiger partial charge in [-0.25, -0.2) is 9.67 Å². The van der Waals surface area contributed by atoms with Gasteiger partial charge in [-0.3, -0.25) is 4.79 Å². The molecule has 2 atom stereocenters. The van der Waals surface area contributed by atoms with Gasteiger partial charge in [-0.05, 0) is 60.8 Å². The molecule has 0 N–H and O–H groups in total. The van der Waals surface area contributed by atoms with Crippen molar-refractivity contribution in [2.24, 2.45) is 5.92 Å². The molecular weight excluding hydrogens is 390 g/mol. The summed E-state index contributed by atoms with van der Waals surface area (Å²) in [5.74, 6) is 1.22. The standard InChI is InChI=1S/C25H25N3OS/c1-17(20-10-6-8-18-7-2-3-9-21(18)20)13-14-23(29)19-15-26-28(16-19)25-27-22-11-4-5-12-24(22)30-25/h2-5,7,9,11-12,15-17,20H,6,8,10,13-14H2,1H3/t17?,20-/m0/s1. The lowest BCUT2D eigenvalue weighted by molar-refractivity contribution is 0.0972. The van der Waals surface area contributed by atoms with E-state index in [4.69, 9.17) is 0 Å². The first kappa shape index (κ1) is 19.2. The van der Waals surface area contributed by atoms with Crippen molar-refractivity contribution in [3.63, 3.8) is 0 Å². The zero-order valence-electron chi connectivity index (χ0n) is 17.1. The highest BCUT2D eigenvalue weighted by molar-refractivity contribution is 7.20. The number of rotatable bonds is 6. The number of benzene rings is 2. The minimum atomic E-state index is 0.165. The summed E-state index contributed by atoms with van der Waals surface area (Å²) in [6.45, 7) is 2.30. The van der Waals surface area contributed by atoms with Crippen molar-refractivity contribution in [3.8, 4) is 5.13 Å². The SMILES string of the molecule is CC(CCC(=O)c1cnn(-c2nc3ccccc3s2)c1)[C@@H]1CCCc2ccccc21. The van der Waals surface area contributed by atoms with E-state index in [1.807, 2.05) is 24.4 Å². The molecule has 4 aromatic rings. The molecule has 5 heteroatoms. The molecule has 0 aliphatic heterocycles. The molecule has 0 amide bonds. The normalized spacial score (nSPS) is 17.0. The number of thiazole rings is 1. The van der Waals surface area contributed by atoms with Gasteiger partial charge >= 0.3 is 0 Å². The number of aromatic nitrogens is 3. The third-order valence-corrected chi connectivity index (χ3v) is 7.34. The fourth-order valence-electron chi connectivity index (χ4n) is 4.62. The Hall–Kier alpha value is -2.79. The Kier molecular flexibility index (Phi) is 5.21. The van der Waals surface area contributed by atoms with Crippen LogP contribution in [0.3, 0.4) is 0 Å². The molecule has 2 heterocycles. The van der Waals surface area contributed by atoms with Crippen LogP contribution in [-0.2, 0) is 6.42 Å². The van der Waals surface area contributed by atoms with Gasteiger partial charge in [0.15, 0.2) is 5.78 Å². The third kappa shape index (κ3) is 3.70. The lowest BCUT2D eigenvalue weighted by Gasteiger charge is -2.30. The van der Waals surface area contributed by atoms with Crippen LogP contribution in [0.25, 0.3) is 15.3 Å². The fourth-order valence-corrected chi connectivity index (χ4v) is 5.52. The summed E-state index contributed by atoms with van der Waals surface area (Å²) < 4.78 is 2.84.